The maximum atomic E-state index is 12.4. The topological polar surface area (TPSA) is 32.3 Å². The minimum absolute atomic E-state index is 0. The van der Waals surface area contributed by atoms with E-state index in [0.717, 1.165) is 31.4 Å². The van der Waals surface area contributed by atoms with Crippen molar-refractivity contribution in [3.05, 3.63) is 29.3 Å². The van der Waals surface area contributed by atoms with Gasteiger partial charge in [0.25, 0.3) is 5.91 Å². The molecule has 1 amide bonds. The van der Waals surface area contributed by atoms with Crippen LogP contribution in [-0.2, 0) is 6.42 Å². The van der Waals surface area contributed by atoms with Crippen molar-refractivity contribution in [3.8, 4) is 0 Å². The van der Waals surface area contributed by atoms with Crippen LogP contribution in [0.3, 0.4) is 0 Å². The third-order valence-electron chi connectivity index (χ3n) is 4.25. The van der Waals surface area contributed by atoms with Gasteiger partial charge in [-0.25, -0.2) is 0 Å². The number of rotatable bonds is 2. The Morgan fingerprint density at radius 1 is 1.32 bits per heavy atom. The van der Waals surface area contributed by atoms with E-state index in [1.165, 1.54) is 24.1 Å². The molecule has 1 N–H and O–H groups in total. The van der Waals surface area contributed by atoms with E-state index >= 15 is 0 Å². The first-order chi connectivity index (χ1) is 8.75. The van der Waals surface area contributed by atoms with Crippen LogP contribution in [-0.4, -0.2) is 30.4 Å². The summed E-state index contributed by atoms with van der Waals surface area (Å²) in [5, 5.41) is 3.33. The van der Waals surface area contributed by atoms with E-state index in [2.05, 4.69) is 11.4 Å². The highest BCUT2D eigenvalue weighted by molar-refractivity contribution is 5.95. The Bertz CT molecular complexity index is 469. The maximum Gasteiger partial charge on any atom is 0.253 e. The first-order valence-corrected chi connectivity index (χ1v) is 6.89. The molecule has 0 atom stereocenters. The molecule has 1 aromatic carbocycles. The molecule has 0 spiro atoms. The maximum absolute atomic E-state index is 12.4. The monoisotopic (exact) mass is 280 g/mol. The molecule has 1 aliphatic heterocycles. The molecule has 0 saturated heterocycles. The van der Waals surface area contributed by atoms with Gasteiger partial charge < -0.3 is 10.2 Å². The van der Waals surface area contributed by atoms with Gasteiger partial charge >= 0.3 is 0 Å². The lowest BCUT2D eigenvalue weighted by Crippen LogP contribution is -2.35. The van der Waals surface area contributed by atoms with Crippen LogP contribution in [0.25, 0.3) is 0 Å². The molecule has 1 fully saturated rings. The fourth-order valence-corrected chi connectivity index (χ4v) is 3.10. The van der Waals surface area contributed by atoms with Gasteiger partial charge in [-0.1, -0.05) is 12.8 Å². The number of carbonyl (C=O) groups is 1. The summed E-state index contributed by atoms with van der Waals surface area (Å²) < 4.78 is 0. The summed E-state index contributed by atoms with van der Waals surface area (Å²) in [5.41, 5.74) is 3.31. The number of carbonyl (C=O) groups excluding carboxylic acids is 1. The molecule has 3 nitrogen and oxygen atoms in total. The minimum Gasteiger partial charge on any atom is -0.384 e. The van der Waals surface area contributed by atoms with Crippen LogP contribution < -0.4 is 5.32 Å². The number of hydrogen-bond acceptors (Lipinski definition) is 2. The van der Waals surface area contributed by atoms with E-state index in [4.69, 9.17) is 0 Å². The second kappa shape index (κ2) is 5.83. The second-order valence-corrected chi connectivity index (χ2v) is 5.40. The smallest absolute Gasteiger partial charge is 0.253 e. The predicted octanol–water partition coefficient (Wildman–Crippen LogP) is 3.09. The molecule has 1 heterocycles. The van der Waals surface area contributed by atoms with Crippen molar-refractivity contribution in [2.24, 2.45) is 0 Å². The average molecular weight is 281 g/mol. The van der Waals surface area contributed by atoms with E-state index in [1.54, 1.807) is 0 Å². The van der Waals surface area contributed by atoms with Crippen LogP contribution in [0.15, 0.2) is 18.2 Å². The summed E-state index contributed by atoms with van der Waals surface area (Å²) in [4.78, 5) is 14.4. The Balaban J connectivity index is 0.00000133. The van der Waals surface area contributed by atoms with Crippen LogP contribution in [0, 0.1) is 0 Å². The van der Waals surface area contributed by atoms with Crippen LogP contribution in [0.1, 0.15) is 41.6 Å². The number of halogens is 1. The largest absolute Gasteiger partial charge is 0.384 e. The summed E-state index contributed by atoms with van der Waals surface area (Å²) in [6, 6.07) is 6.50. The highest BCUT2D eigenvalue weighted by atomic mass is 35.5. The lowest BCUT2D eigenvalue weighted by atomic mass is 10.1. The number of amides is 1. The zero-order valence-electron chi connectivity index (χ0n) is 11.3. The van der Waals surface area contributed by atoms with Gasteiger partial charge in [0, 0.05) is 30.9 Å². The summed E-state index contributed by atoms with van der Waals surface area (Å²) in [6.07, 6.45) is 5.87. The van der Waals surface area contributed by atoms with E-state index in [1.807, 2.05) is 24.1 Å². The first kappa shape index (κ1) is 14.2. The minimum atomic E-state index is 0. The Hall–Kier alpha value is -1.22. The predicted molar refractivity (Wildman–Crippen MR) is 80.2 cm³/mol. The van der Waals surface area contributed by atoms with Crippen molar-refractivity contribution in [3.63, 3.8) is 0 Å². The van der Waals surface area contributed by atoms with E-state index in [-0.39, 0.29) is 18.3 Å². The summed E-state index contributed by atoms with van der Waals surface area (Å²) in [5.74, 6) is 0.177. The molecule has 0 aromatic heterocycles. The van der Waals surface area contributed by atoms with E-state index in [0.29, 0.717) is 6.04 Å². The van der Waals surface area contributed by atoms with Crippen LogP contribution in [0.4, 0.5) is 5.69 Å². The fraction of sp³-hybridized carbons (Fsp3) is 0.533. The molecule has 19 heavy (non-hydrogen) atoms. The van der Waals surface area contributed by atoms with Gasteiger partial charge in [-0.2, -0.15) is 0 Å². The van der Waals surface area contributed by atoms with Crippen molar-refractivity contribution in [1.82, 2.24) is 4.90 Å². The average Bonchev–Trinajstić information content (AvgIpc) is 3.06. The summed E-state index contributed by atoms with van der Waals surface area (Å²) in [7, 11) is 1.95. The zero-order valence-corrected chi connectivity index (χ0v) is 12.1. The number of fused-ring (bicyclic) bond motifs is 1. The number of nitrogens with one attached hydrogen (secondary N) is 1. The number of benzene rings is 1. The van der Waals surface area contributed by atoms with E-state index < -0.39 is 0 Å². The summed E-state index contributed by atoms with van der Waals surface area (Å²) >= 11 is 0. The third-order valence-corrected chi connectivity index (χ3v) is 4.25. The first-order valence-electron chi connectivity index (χ1n) is 6.89. The second-order valence-electron chi connectivity index (χ2n) is 5.40. The molecule has 2 aliphatic rings. The lowest BCUT2D eigenvalue weighted by Gasteiger charge is -2.24. The van der Waals surface area contributed by atoms with Crippen LogP contribution in [0.2, 0.25) is 0 Å². The van der Waals surface area contributed by atoms with Crippen molar-refractivity contribution >= 4 is 24.0 Å². The highest BCUT2D eigenvalue weighted by Gasteiger charge is 2.24. The number of anilines is 1. The Morgan fingerprint density at radius 3 is 2.79 bits per heavy atom. The van der Waals surface area contributed by atoms with Gasteiger partial charge in [-0.3, -0.25) is 4.79 Å². The van der Waals surface area contributed by atoms with Crippen molar-refractivity contribution < 1.29 is 4.79 Å². The van der Waals surface area contributed by atoms with Crippen molar-refractivity contribution in [2.45, 2.75) is 38.1 Å². The third kappa shape index (κ3) is 2.71. The van der Waals surface area contributed by atoms with Crippen LogP contribution in [0.5, 0.6) is 0 Å². The molecule has 1 aromatic rings. The molecule has 1 saturated carbocycles. The van der Waals surface area contributed by atoms with Gasteiger partial charge in [0.2, 0.25) is 0 Å². The van der Waals surface area contributed by atoms with E-state index in [9.17, 15) is 4.79 Å². The SMILES string of the molecule is CN(C(=O)c1ccc2c(c1)CCN2)C1CCCC1.Cl. The Labute approximate surface area is 120 Å². The van der Waals surface area contributed by atoms with Crippen molar-refractivity contribution in [1.29, 1.82) is 0 Å². The Kier molecular flexibility index (Phi) is 4.35. The Morgan fingerprint density at radius 2 is 2.05 bits per heavy atom. The molecule has 0 radical (unpaired) electrons. The summed E-state index contributed by atoms with van der Waals surface area (Å²) in [6.45, 7) is 0.992. The molecular formula is C15H21ClN2O. The molecule has 0 bridgehead atoms. The zero-order chi connectivity index (χ0) is 12.5. The quantitative estimate of drug-likeness (QED) is 0.903. The molecule has 4 heteroatoms. The molecular weight excluding hydrogens is 260 g/mol. The lowest BCUT2D eigenvalue weighted by molar-refractivity contribution is 0.0735. The van der Waals surface area contributed by atoms with Gasteiger partial charge in [-0.05, 0) is 43.0 Å². The fourth-order valence-electron chi connectivity index (χ4n) is 3.10. The molecule has 3 rings (SSSR count). The van der Waals surface area contributed by atoms with Crippen LogP contribution >= 0.6 is 12.4 Å². The van der Waals surface area contributed by atoms with Crippen molar-refractivity contribution in [2.75, 3.05) is 18.9 Å². The normalized spacial score (nSPS) is 17.5. The number of nitrogens with zero attached hydrogens (tertiary/aromatic N) is 1. The standard InChI is InChI=1S/C15H20N2O.ClH/c1-17(13-4-2-3-5-13)15(18)12-6-7-14-11(10-12)8-9-16-14;/h6-7,10,13,16H,2-5,8-9H2,1H3;1H. The van der Waals surface area contributed by atoms with Gasteiger partial charge in [-0.15, -0.1) is 12.4 Å². The number of hydrogen-bond donors (Lipinski definition) is 1. The van der Waals surface area contributed by atoms with Gasteiger partial charge in [0.05, 0.1) is 0 Å². The van der Waals surface area contributed by atoms with Gasteiger partial charge in [0.1, 0.15) is 0 Å². The highest BCUT2D eigenvalue weighted by Crippen LogP contribution is 2.26. The molecule has 104 valence electrons. The molecule has 0 unspecified atom stereocenters. The van der Waals surface area contributed by atoms with Gasteiger partial charge in [0.15, 0.2) is 0 Å². The molecule has 1 aliphatic carbocycles.